The van der Waals surface area contributed by atoms with E-state index in [1.165, 1.54) is 0 Å². The van der Waals surface area contributed by atoms with Crippen molar-refractivity contribution < 1.29 is 8.98 Å². The number of nitrogens with two attached hydrogens (primary N) is 1. The molecule has 0 saturated carbocycles. The minimum absolute atomic E-state index is 0.507. The number of carbonyl (C=O) groups is 1. The molecule has 5 heteroatoms. The largest absolute Gasteiger partial charge is 0.393 e. The average molecular weight is 167 g/mol. The Bertz CT molecular complexity index is 98.6. The number of carbonyl (C=O) groups excluding carboxylic acids is 1. The van der Waals surface area contributed by atoms with Crippen molar-refractivity contribution in [2.75, 3.05) is 5.75 Å². The molecule has 1 atom stereocenters. The lowest BCUT2D eigenvalue weighted by atomic mass is 10.2. The molecular formula is C4H9NO2S2. The van der Waals surface area contributed by atoms with Gasteiger partial charge in [-0.1, -0.05) is 0 Å². The van der Waals surface area contributed by atoms with Crippen molar-refractivity contribution in [3.05, 3.63) is 0 Å². The summed E-state index contributed by atoms with van der Waals surface area (Å²) in [6.07, 6.45) is 0.516. The van der Waals surface area contributed by atoms with E-state index in [1.807, 2.05) is 0 Å². The van der Waals surface area contributed by atoms with Gasteiger partial charge in [-0.25, -0.2) is 4.79 Å². The van der Waals surface area contributed by atoms with Crippen LogP contribution in [-0.2, 0) is 8.98 Å². The summed E-state index contributed by atoms with van der Waals surface area (Å²) >= 11 is 7.17. The third-order valence-electron chi connectivity index (χ3n) is 0.833. The zero-order valence-electron chi connectivity index (χ0n) is 4.78. The number of thiol groups is 2. The monoisotopic (exact) mass is 167 g/mol. The van der Waals surface area contributed by atoms with Gasteiger partial charge in [0.2, 0.25) is 0 Å². The van der Waals surface area contributed by atoms with E-state index in [0.29, 0.717) is 12.2 Å². The van der Waals surface area contributed by atoms with Crippen LogP contribution < -0.4 is 5.73 Å². The first kappa shape index (κ1) is 9.13. The van der Waals surface area contributed by atoms with Gasteiger partial charge in [0.05, 0.1) is 0 Å². The summed E-state index contributed by atoms with van der Waals surface area (Å²) in [5.74, 6) is 0.0664. The number of rotatable bonds is 3. The van der Waals surface area contributed by atoms with E-state index >= 15 is 0 Å². The molecule has 0 aliphatic heterocycles. The highest BCUT2D eigenvalue weighted by Crippen LogP contribution is 1.94. The van der Waals surface area contributed by atoms with E-state index in [-0.39, 0.29) is 0 Å². The zero-order valence-corrected chi connectivity index (χ0v) is 6.57. The summed E-state index contributed by atoms with van der Waals surface area (Å²) in [5, 5.41) is 0. The third-order valence-corrected chi connectivity index (χ3v) is 1.27. The molecule has 0 saturated heterocycles. The molecule has 0 fully saturated rings. The topological polar surface area (TPSA) is 52.3 Å². The predicted molar refractivity (Wildman–Crippen MR) is 41.5 cm³/mol. The first-order chi connectivity index (χ1) is 4.22. The van der Waals surface area contributed by atoms with Crippen LogP contribution in [0, 0.1) is 0 Å². The first-order valence-electron chi connectivity index (χ1n) is 2.44. The Morgan fingerprint density at radius 3 is 2.67 bits per heavy atom. The molecule has 1 unspecified atom stereocenters. The molecule has 0 amide bonds. The van der Waals surface area contributed by atoms with Crippen LogP contribution in [0.25, 0.3) is 0 Å². The van der Waals surface area contributed by atoms with Gasteiger partial charge < -0.3 is 9.92 Å². The molecule has 0 aromatic heterocycles. The minimum Gasteiger partial charge on any atom is -0.393 e. The molecule has 0 rings (SSSR count). The van der Waals surface area contributed by atoms with Gasteiger partial charge in [-0.15, -0.1) is 0 Å². The molecule has 9 heavy (non-hydrogen) atoms. The molecule has 0 radical (unpaired) electrons. The lowest BCUT2D eigenvalue weighted by molar-refractivity contribution is -0.134. The molecule has 0 aliphatic carbocycles. The Kier molecular flexibility index (Phi) is 5.03. The molecular weight excluding hydrogens is 158 g/mol. The fourth-order valence-electron chi connectivity index (χ4n) is 0.325. The van der Waals surface area contributed by atoms with Gasteiger partial charge in [0, 0.05) is 12.9 Å². The Balaban J connectivity index is 3.45. The highest BCUT2D eigenvalue weighted by Gasteiger charge is 2.11. The summed E-state index contributed by atoms with van der Waals surface area (Å²) in [7, 11) is 0. The molecule has 0 heterocycles. The molecule has 0 aromatic rings. The van der Waals surface area contributed by atoms with Gasteiger partial charge in [-0.3, -0.25) is 0 Å². The molecule has 54 valence electrons. The number of hydrogen-bond acceptors (Lipinski definition) is 5. The van der Waals surface area contributed by atoms with Crippen LogP contribution in [0.3, 0.4) is 0 Å². The van der Waals surface area contributed by atoms with Crippen molar-refractivity contribution in [2.24, 2.45) is 5.73 Å². The highest BCUT2D eigenvalue weighted by atomic mass is 32.1. The standard InChI is InChI=1S/C4H9NO2S2/c5-3(1-2-8)4(6)7-9/h3,8-9H,1-2,5H2. The van der Waals surface area contributed by atoms with Crippen LogP contribution in [0.5, 0.6) is 0 Å². The second-order valence-corrected chi connectivity index (χ2v) is 2.16. The summed E-state index contributed by atoms with van der Waals surface area (Å²) in [5.41, 5.74) is 5.27. The van der Waals surface area contributed by atoms with Crippen molar-refractivity contribution in [1.29, 1.82) is 0 Å². The smallest absolute Gasteiger partial charge is 0.334 e. The molecule has 0 spiro atoms. The van der Waals surface area contributed by atoms with Crippen molar-refractivity contribution in [3.63, 3.8) is 0 Å². The maximum atomic E-state index is 10.4. The Morgan fingerprint density at radius 2 is 2.33 bits per heavy atom. The first-order valence-corrected chi connectivity index (χ1v) is 3.43. The van der Waals surface area contributed by atoms with Gasteiger partial charge in [-0.2, -0.15) is 12.6 Å². The van der Waals surface area contributed by atoms with Crippen LogP contribution in [-0.4, -0.2) is 17.8 Å². The fourth-order valence-corrected chi connectivity index (χ4v) is 0.738. The molecule has 0 aromatic carbocycles. The minimum atomic E-state index is -0.583. The van der Waals surface area contributed by atoms with Crippen LogP contribution in [0.4, 0.5) is 0 Å². The van der Waals surface area contributed by atoms with E-state index in [0.717, 1.165) is 0 Å². The molecule has 0 bridgehead atoms. The fraction of sp³-hybridized carbons (Fsp3) is 0.750. The van der Waals surface area contributed by atoms with E-state index < -0.39 is 12.0 Å². The summed E-state index contributed by atoms with van der Waals surface area (Å²) < 4.78 is 4.06. The van der Waals surface area contributed by atoms with E-state index in [1.54, 1.807) is 0 Å². The number of hydrogen-bond donors (Lipinski definition) is 3. The van der Waals surface area contributed by atoms with Crippen molar-refractivity contribution in [1.82, 2.24) is 0 Å². The zero-order chi connectivity index (χ0) is 7.28. The quantitative estimate of drug-likeness (QED) is 0.410. The maximum Gasteiger partial charge on any atom is 0.334 e. The van der Waals surface area contributed by atoms with Crippen molar-refractivity contribution in [3.8, 4) is 0 Å². The van der Waals surface area contributed by atoms with Gasteiger partial charge >= 0.3 is 5.97 Å². The van der Waals surface area contributed by atoms with Crippen LogP contribution in [0.1, 0.15) is 6.42 Å². The maximum absolute atomic E-state index is 10.4. The highest BCUT2D eigenvalue weighted by molar-refractivity contribution is 7.80. The molecule has 2 N–H and O–H groups in total. The van der Waals surface area contributed by atoms with E-state index in [2.05, 4.69) is 29.7 Å². The predicted octanol–water partition coefficient (Wildman–Crippen LogP) is 0.0216. The van der Waals surface area contributed by atoms with Crippen LogP contribution in [0.2, 0.25) is 0 Å². The van der Waals surface area contributed by atoms with Crippen molar-refractivity contribution >= 4 is 31.5 Å². The SMILES string of the molecule is NC(CCS)C(=O)OS. The van der Waals surface area contributed by atoms with Gasteiger partial charge in [0.25, 0.3) is 0 Å². The Morgan fingerprint density at radius 1 is 1.78 bits per heavy atom. The Labute approximate surface area is 65.0 Å². The Hall–Kier alpha value is 0.130. The van der Waals surface area contributed by atoms with E-state index in [4.69, 9.17) is 5.73 Å². The van der Waals surface area contributed by atoms with Crippen LogP contribution in [0.15, 0.2) is 0 Å². The third kappa shape index (κ3) is 3.66. The van der Waals surface area contributed by atoms with Gasteiger partial charge in [0.15, 0.2) is 0 Å². The van der Waals surface area contributed by atoms with Gasteiger partial charge in [-0.05, 0) is 12.2 Å². The lowest BCUT2D eigenvalue weighted by Crippen LogP contribution is -2.30. The van der Waals surface area contributed by atoms with Crippen LogP contribution >= 0.6 is 25.5 Å². The van der Waals surface area contributed by atoms with E-state index in [9.17, 15) is 4.79 Å². The normalized spacial score (nSPS) is 12.8. The van der Waals surface area contributed by atoms with Gasteiger partial charge in [0.1, 0.15) is 6.04 Å². The lowest BCUT2D eigenvalue weighted by Gasteiger charge is -2.03. The molecule has 0 aliphatic rings. The summed E-state index contributed by atoms with van der Waals surface area (Å²) in [4.78, 5) is 10.4. The molecule has 3 nitrogen and oxygen atoms in total. The summed E-state index contributed by atoms with van der Waals surface area (Å²) in [6, 6.07) is -0.583. The second kappa shape index (κ2) is 4.96. The second-order valence-electron chi connectivity index (χ2n) is 1.53. The summed E-state index contributed by atoms with van der Waals surface area (Å²) in [6.45, 7) is 0. The average Bonchev–Trinajstić information content (AvgIpc) is 1.87. The van der Waals surface area contributed by atoms with Crippen molar-refractivity contribution in [2.45, 2.75) is 12.5 Å².